The third kappa shape index (κ3) is 2.44. The van der Waals surface area contributed by atoms with Gasteiger partial charge in [-0.1, -0.05) is 59.6 Å². The van der Waals surface area contributed by atoms with Crippen LogP contribution in [0.25, 0.3) is 0 Å². The largest absolute Gasteiger partial charge is 0.384 e. The number of hydrogen-bond donors (Lipinski definition) is 1. The molecule has 0 saturated heterocycles. The van der Waals surface area contributed by atoms with Gasteiger partial charge in [-0.3, -0.25) is 0 Å². The number of benzene rings is 2. The molecule has 0 radical (unpaired) electrons. The fourth-order valence-electron chi connectivity index (χ4n) is 1.57. The molecule has 0 aromatic heterocycles. The second kappa shape index (κ2) is 5.05. The number of halogens is 3. The molecular formula is C13H9Cl2FO. The van der Waals surface area contributed by atoms with Crippen LogP contribution in [0.1, 0.15) is 17.2 Å². The van der Waals surface area contributed by atoms with Crippen molar-refractivity contribution in [1.82, 2.24) is 0 Å². The molecule has 0 heterocycles. The quantitative estimate of drug-likeness (QED) is 0.811. The molecule has 2 aromatic carbocycles. The Hall–Kier alpha value is -1.09. The van der Waals surface area contributed by atoms with Crippen molar-refractivity contribution in [3.8, 4) is 0 Å². The van der Waals surface area contributed by atoms with Gasteiger partial charge in [0.25, 0.3) is 0 Å². The summed E-state index contributed by atoms with van der Waals surface area (Å²) in [6.45, 7) is 0. The predicted molar refractivity (Wildman–Crippen MR) is 66.9 cm³/mol. The van der Waals surface area contributed by atoms with Crippen LogP contribution in [0.4, 0.5) is 4.39 Å². The Kier molecular flexibility index (Phi) is 3.67. The minimum absolute atomic E-state index is 0.116. The minimum Gasteiger partial charge on any atom is -0.384 e. The van der Waals surface area contributed by atoms with E-state index in [1.807, 2.05) is 6.07 Å². The van der Waals surface area contributed by atoms with E-state index >= 15 is 0 Å². The lowest BCUT2D eigenvalue weighted by atomic mass is 10.0. The number of hydrogen-bond acceptors (Lipinski definition) is 1. The predicted octanol–water partition coefficient (Wildman–Crippen LogP) is 4.21. The van der Waals surface area contributed by atoms with Gasteiger partial charge in [-0.15, -0.1) is 0 Å². The van der Waals surface area contributed by atoms with Crippen LogP contribution in [-0.4, -0.2) is 5.11 Å². The van der Waals surface area contributed by atoms with Gasteiger partial charge in [0.2, 0.25) is 0 Å². The Morgan fingerprint density at radius 3 is 2.29 bits per heavy atom. The van der Waals surface area contributed by atoms with E-state index in [4.69, 9.17) is 23.2 Å². The average Bonchev–Trinajstić information content (AvgIpc) is 2.36. The highest BCUT2D eigenvalue weighted by Crippen LogP contribution is 2.32. The first-order valence-corrected chi connectivity index (χ1v) is 5.73. The summed E-state index contributed by atoms with van der Waals surface area (Å²) in [6.07, 6.45) is -1.05. The van der Waals surface area contributed by atoms with Gasteiger partial charge >= 0.3 is 0 Å². The topological polar surface area (TPSA) is 20.2 Å². The normalized spacial score (nSPS) is 12.5. The lowest BCUT2D eigenvalue weighted by molar-refractivity contribution is 0.215. The van der Waals surface area contributed by atoms with Gasteiger partial charge in [-0.2, -0.15) is 0 Å². The number of aliphatic hydroxyl groups excluding tert-OH is 1. The molecule has 0 bridgehead atoms. The lowest BCUT2D eigenvalue weighted by Gasteiger charge is -2.13. The third-order valence-electron chi connectivity index (χ3n) is 2.47. The van der Waals surface area contributed by atoms with Gasteiger partial charge in [-0.25, -0.2) is 4.39 Å². The van der Waals surface area contributed by atoms with Crippen molar-refractivity contribution in [2.75, 3.05) is 0 Å². The van der Waals surface area contributed by atoms with Crippen LogP contribution < -0.4 is 0 Å². The van der Waals surface area contributed by atoms with E-state index in [9.17, 15) is 9.50 Å². The van der Waals surface area contributed by atoms with E-state index in [0.29, 0.717) is 5.56 Å². The lowest BCUT2D eigenvalue weighted by Crippen LogP contribution is -2.03. The second-order valence-electron chi connectivity index (χ2n) is 3.58. The molecule has 2 rings (SSSR count). The Morgan fingerprint density at radius 2 is 1.65 bits per heavy atom. The standard InChI is InChI=1S/C13H9Cl2FO/c14-10-7-6-9(12(16)11(10)15)13(17)8-4-2-1-3-5-8/h1-7,13,17H. The van der Waals surface area contributed by atoms with Crippen molar-refractivity contribution < 1.29 is 9.50 Å². The van der Waals surface area contributed by atoms with Crippen LogP contribution in [-0.2, 0) is 0 Å². The van der Waals surface area contributed by atoms with Gasteiger partial charge in [0.15, 0.2) is 0 Å². The Morgan fingerprint density at radius 1 is 1.00 bits per heavy atom. The molecule has 0 saturated carbocycles. The molecule has 1 unspecified atom stereocenters. The van der Waals surface area contributed by atoms with Crippen LogP contribution in [0, 0.1) is 5.82 Å². The Bertz CT molecular complexity index is 528. The summed E-state index contributed by atoms with van der Waals surface area (Å²) in [4.78, 5) is 0. The Balaban J connectivity index is 2.45. The molecule has 2 aromatic rings. The fourth-order valence-corrected chi connectivity index (χ4v) is 1.88. The summed E-state index contributed by atoms with van der Waals surface area (Å²) >= 11 is 11.4. The first kappa shape index (κ1) is 12.4. The molecule has 1 atom stereocenters. The molecule has 0 aliphatic rings. The van der Waals surface area contributed by atoms with Crippen molar-refractivity contribution in [1.29, 1.82) is 0 Å². The molecule has 0 spiro atoms. The van der Waals surface area contributed by atoms with E-state index in [-0.39, 0.29) is 15.6 Å². The number of aliphatic hydroxyl groups is 1. The molecule has 0 fully saturated rings. The van der Waals surface area contributed by atoms with Gasteiger partial charge in [0, 0.05) is 5.56 Å². The maximum absolute atomic E-state index is 13.8. The zero-order valence-electron chi connectivity index (χ0n) is 8.70. The zero-order chi connectivity index (χ0) is 12.4. The van der Waals surface area contributed by atoms with Gasteiger partial charge in [-0.05, 0) is 11.6 Å². The second-order valence-corrected chi connectivity index (χ2v) is 4.36. The van der Waals surface area contributed by atoms with E-state index in [1.54, 1.807) is 24.3 Å². The summed E-state index contributed by atoms with van der Waals surface area (Å²) in [5.41, 5.74) is 0.718. The Labute approximate surface area is 108 Å². The van der Waals surface area contributed by atoms with Crippen molar-refractivity contribution in [2.45, 2.75) is 6.10 Å². The van der Waals surface area contributed by atoms with Crippen LogP contribution in [0.15, 0.2) is 42.5 Å². The molecule has 17 heavy (non-hydrogen) atoms. The van der Waals surface area contributed by atoms with Crippen LogP contribution in [0.5, 0.6) is 0 Å². The van der Waals surface area contributed by atoms with Crippen LogP contribution in [0.2, 0.25) is 10.0 Å². The molecule has 0 amide bonds. The molecule has 0 aliphatic carbocycles. The third-order valence-corrected chi connectivity index (χ3v) is 3.26. The maximum Gasteiger partial charge on any atom is 0.149 e. The molecule has 0 aliphatic heterocycles. The van der Waals surface area contributed by atoms with E-state index in [1.165, 1.54) is 12.1 Å². The first-order chi connectivity index (χ1) is 8.11. The van der Waals surface area contributed by atoms with E-state index in [0.717, 1.165) is 0 Å². The summed E-state index contributed by atoms with van der Waals surface area (Å²) in [7, 11) is 0. The number of rotatable bonds is 2. The van der Waals surface area contributed by atoms with Gasteiger partial charge in [0.1, 0.15) is 11.9 Å². The molecular weight excluding hydrogens is 262 g/mol. The fraction of sp³-hybridized carbons (Fsp3) is 0.0769. The van der Waals surface area contributed by atoms with Gasteiger partial charge < -0.3 is 5.11 Å². The van der Waals surface area contributed by atoms with Crippen molar-refractivity contribution in [2.24, 2.45) is 0 Å². The van der Waals surface area contributed by atoms with E-state index in [2.05, 4.69) is 0 Å². The van der Waals surface area contributed by atoms with Crippen molar-refractivity contribution in [3.05, 3.63) is 69.5 Å². The molecule has 4 heteroatoms. The average molecular weight is 271 g/mol. The zero-order valence-corrected chi connectivity index (χ0v) is 10.2. The summed E-state index contributed by atoms with van der Waals surface area (Å²) in [6, 6.07) is 11.7. The highest BCUT2D eigenvalue weighted by Gasteiger charge is 2.18. The minimum atomic E-state index is -1.05. The van der Waals surface area contributed by atoms with Crippen molar-refractivity contribution in [3.63, 3.8) is 0 Å². The smallest absolute Gasteiger partial charge is 0.149 e. The molecule has 1 N–H and O–H groups in total. The molecule has 1 nitrogen and oxygen atoms in total. The highest BCUT2D eigenvalue weighted by molar-refractivity contribution is 6.42. The first-order valence-electron chi connectivity index (χ1n) is 4.97. The van der Waals surface area contributed by atoms with E-state index < -0.39 is 11.9 Å². The molecule has 88 valence electrons. The van der Waals surface area contributed by atoms with Crippen molar-refractivity contribution >= 4 is 23.2 Å². The summed E-state index contributed by atoms with van der Waals surface area (Å²) < 4.78 is 13.8. The monoisotopic (exact) mass is 270 g/mol. The SMILES string of the molecule is OC(c1ccccc1)c1ccc(Cl)c(Cl)c1F. The highest BCUT2D eigenvalue weighted by atomic mass is 35.5. The van der Waals surface area contributed by atoms with Crippen LogP contribution >= 0.6 is 23.2 Å². The summed E-state index contributed by atoms with van der Waals surface area (Å²) in [5.74, 6) is -0.685. The van der Waals surface area contributed by atoms with Gasteiger partial charge in [0.05, 0.1) is 10.0 Å². The van der Waals surface area contributed by atoms with Crippen LogP contribution in [0.3, 0.4) is 0 Å². The maximum atomic E-state index is 13.8. The summed E-state index contributed by atoms with van der Waals surface area (Å²) in [5, 5.41) is 10.0.